The van der Waals surface area contributed by atoms with Crippen LogP contribution in [0.1, 0.15) is 89.2 Å². The van der Waals surface area contributed by atoms with E-state index in [1.165, 1.54) is 57.8 Å². The first-order chi connectivity index (χ1) is 11.2. The van der Waals surface area contributed by atoms with Crippen LogP contribution < -0.4 is 0 Å². The molecule has 130 valence electrons. The number of aromatic hydroxyl groups is 1. The van der Waals surface area contributed by atoms with E-state index in [-0.39, 0.29) is 5.75 Å². The Bertz CT molecular complexity index is 469. The zero-order valence-corrected chi connectivity index (χ0v) is 14.9. The van der Waals surface area contributed by atoms with Crippen LogP contribution in [-0.2, 0) is 6.42 Å². The fourth-order valence-electron chi connectivity index (χ4n) is 2.94. The van der Waals surface area contributed by atoms with Gasteiger partial charge in [0.05, 0.1) is 5.71 Å². The highest BCUT2D eigenvalue weighted by atomic mass is 16.4. The highest BCUT2D eigenvalue weighted by Crippen LogP contribution is 2.25. The number of rotatable bonds is 12. The number of unbranched alkanes of at least 4 members (excludes halogenated alkanes) is 9. The van der Waals surface area contributed by atoms with Crippen LogP contribution in [0.5, 0.6) is 5.75 Å². The molecule has 0 aromatic heterocycles. The topological polar surface area (TPSA) is 52.8 Å². The summed E-state index contributed by atoms with van der Waals surface area (Å²) >= 11 is 0. The summed E-state index contributed by atoms with van der Waals surface area (Å²) in [7, 11) is 0. The minimum Gasteiger partial charge on any atom is -0.507 e. The van der Waals surface area contributed by atoms with E-state index in [4.69, 9.17) is 5.21 Å². The summed E-state index contributed by atoms with van der Waals surface area (Å²) in [5.41, 5.74) is 2.02. The molecule has 1 rings (SSSR count). The van der Waals surface area contributed by atoms with Crippen LogP contribution in [0, 0.1) is 0 Å². The molecule has 0 heterocycles. The molecule has 0 spiro atoms. The Morgan fingerprint density at radius 2 is 1.48 bits per heavy atom. The van der Waals surface area contributed by atoms with Crippen molar-refractivity contribution in [3.63, 3.8) is 0 Å². The predicted octanol–water partition coefficient (Wildman–Crippen LogP) is 6.05. The molecule has 0 fully saturated rings. The van der Waals surface area contributed by atoms with Crippen LogP contribution >= 0.6 is 0 Å². The third kappa shape index (κ3) is 7.54. The summed E-state index contributed by atoms with van der Waals surface area (Å²) in [6.45, 7) is 3.95. The molecule has 0 aliphatic rings. The largest absolute Gasteiger partial charge is 0.507 e. The maximum absolute atomic E-state index is 10.2. The van der Waals surface area contributed by atoms with E-state index in [1.807, 2.05) is 12.1 Å². The van der Waals surface area contributed by atoms with Gasteiger partial charge in [-0.2, -0.15) is 0 Å². The molecule has 2 N–H and O–H groups in total. The highest BCUT2D eigenvalue weighted by Gasteiger charge is 2.09. The molecule has 0 aliphatic carbocycles. The predicted molar refractivity (Wildman–Crippen MR) is 97.7 cm³/mol. The second kappa shape index (κ2) is 12.0. The Morgan fingerprint density at radius 1 is 0.913 bits per heavy atom. The first kappa shape index (κ1) is 19.5. The lowest BCUT2D eigenvalue weighted by Gasteiger charge is -2.09. The van der Waals surface area contributed by atoms with Crippen LogP contribution in [-0.4, -0.2) is 16.0 Å². The van der Waals surface area contributed by atoms with Gasteiger partial charge in [0.1, 0.15) is 5.75 Å². The number of benzene rings is 1. The van der Waals surface area contributed by atoms with E-state index < -0.39 is 0 Å². The average molecular weight is 319 g/mol. The van der Waals surface area contributed by atoms with Crippen LogP contribution in [0.15, 0.2) is 23.4 Å². The first-order valence-corrected chi connectivity index (χ1v) is 9.20. The molecule has 1 aromatic carbocycles. The Kier molecular flexibility index (Phi) is 10.2. The summed E-state index contributed by atoms with van der Waals surface area (Å²) in [4.78, 5) is 0. The molecule has 0 saturated carbocycles. The summed E-state index contributed by atoms with van der Waals surface area (Å²) in [6, 6.07) is 5.65. The molecule has 0 atom stereocenters. The summed E-state index contributed by atoms with van der Waals surface area (Å²) < 4.78 is 0. The number of hydrogen-bond donors (Lipinski definition) is 2. The van der Waals surface area contributed by atoms with E-state index in [0.29, 0.717) is 11.3 Å². The standard InChI is InChI=1S/C20H33NO2/c1-3-4-5-6-7-8-9-10-11-12-14-18-15-13-16-19(20(18)22)17(2)21-23/h13,15-16,22-23H,3-12,14H2,1-2H3. The minimum atomic E-state index is 0.263. The van der Waals surface area contributed by atoms with E-state index in [0.717, 1.165) is 18.4 Å². The fraction of sp³-hybridized carbons (Fsp3) is 0.650. The van der Waals surface area contributed by atoms with Gasteiger partial charge < -0.3 is 10.3 Å². The molecule has 0 bridgehead atoms. The van der Waals surface area contributed by atoms with Gasteiger partial charge in [-0.1, -0.05) is 82.0 Å². The maximum atomic E-state index is 10.2. The van der Waals surface area contributed by atoms with E-state index in [2.05, 4.69) is 12.1 Å². The minimum absolute atomic E-state index is 0.263. The number of nitrogens with zero attached hydrogens (tertiary/aromatic N) is 1. The zero-order valence-electron chi connectivity index (χ0n) is 14.9. The number of phenolic OH excluding ortho intramolecular Hbond substituents is 1. The third-order valence-electron chi connectivity index (χ3n) is 4.46. The second-order valence-electron chi connectivity index (χ2n) is 6.43. The van der Waals surface area contributed by atoms with Gasteiger partial charge in [0, 0.05) is 5.56 Å². The van der Waals surface area contributed by atoms with Crippen molar-refractivity contribution >= 4 is 5.71 Å². The third-order valence-corrected chi connectivity index (χ3v) is 4.46. The second-order valence-corrected chi connectivity index (χ2v) is 6.43. The highest BCUT2D eigenvalue weighted by molar-refractivity contribution is 6.00. The van der Waals surface area contributed by atoms with Gasteiger partial charge in [0.15, 0.2) is 0 Å². The lowest BCUT2D eigenvalue weighted by molar-refractivity contribution is 0.318. The van der Waals surface area contributed by atoms with Crippen LogP contribution in [0.2, 0.25) is 0 Å². The average Bonchev–Trinajstić information content (AvgIpc) is 2.57. The normalized spacial score (nSPS) is 11.8. The molecule has 0 aliphatic heterocycles. The Balaban J connectivity index is 2.19. The molecule has 0 radical (unpaired) electrons. The van der Waals surface area contributed by atoms with Gasteiger partial charge in [-0.05, 0) is 31.4 Å². The van der Waals surface area contributed by atoms with Gasteiger partial charge in [0.25, 0.3) is 0 Å². The van der Waals surface area contributed by atoms with Gasteiger partial charge in [-0.15, -0.1) is 0 Å². The van der Waals surface area contributed by atoms with Crippen LogP contribution in [0.25, 0.3) is 0 Å². The summed E-state index contributed by atoms with van der Waals surface area (Å²) in [5.74, 6) is 0.263. The summed E-state index contributed by atoms with van der Waals surface area (Å²) in [5, 5.41) is 22.3. The number of aryl methyl sites for hydroxylation is 1. The van der Waals surface area contributed by atoms with Crippen LogP contribution in [0.3, 0.4) is 0 Å². The molecular weight excluding hydrogens is 286 g/mol. The molecule has 1 aromatic rings. The van der Waals surface area contributed by atoms with Crippen molar-refractivity contribution in [1.82, 2.24) is 0 Å². The molecule has 0 amide bonds. The Morgan fingerprint density at radius 3 is 2.04 bits per heavy atom. The van der Waals surface area contributed by atoms with Crippen molar-refractivity contribution in [3.05, 3.63) is 29.3 Å². The number of hydrogen-bond acceptors (Lipinski definition) is 3. The van der Waals surface area contributed by atoms with E-state index in [1.54, 1.807) is 13.0 Å². The molecule has 0 unspecified atom stereocenters. The van der Waals surface area contributed by atoms with E-state index in [9.17, 15) is 5.11 Å². The van der Waals surface area contributed by atoms with Crippen molar-refractivity contribution in [3.8, 4) is 5.75 Å². The fourth-order valence-corrected chi connectivity index (χ4v) is 2.94. The number of phenols is 1. The van der Waals surface area contributed by atoms with Crippen molar-refractivity contribution < 1.29 is 10.3 Å². The number of para-hydroxylation sites is 1. The zero-order chi connectivity index (χ0) is 16.9. The molecule has 3 heteroatoms. The van der Waals surface area contributed by atoms with Crippen molar-refractivity contribution in [1.29, 1.82) is 0 Å². The molecular formula is C20H33NO2. The molecule has 0 saturated heterocycles. The monoisotopic (exact) mass is 319 g/mol. The van der Waals surface area contributed by atoms with Crippen LogP contribution in [0.4, 0.5) is 0 Å². The van der Waals surface area contributed by atoms with Gasteiger partial charge in [-0.25, -0.2) is 0 Å². The maximum Gasteiger partial charge on any atom is 0.127 e. The van der Waals surface area contributed by atoms with Crippen molar-refractivity contribution in [2.75, 3.05) is 0 Å². The van der Waals surface area contributed by atoms with E-state index >= 15 is 0 Å². The lowest BCUT2D eigenvalue weighted by Crippen LogP contribution is -1.98. The number of oxime groups is 1. The Labute approximate surface area is 141 Å². The quantitative estimate of drug-likeness (QED) is 0.213. The van der Waals surface area contributed by atoms with Gasteiger partial charge >= 0.3 is 0 Å². The summed E-state index contributed by atoms with van der Waals surface area (Å²) in [6.07, 6.45) is 14.0. The van der Waals surface area contributed by atoms with Gasteiger partial charge in [0.2, 0.25) is 0 Å². The molecule has 23 heavy (non-hydrogen) atoms. The van der Waals surface area contributed by atoms with Crippen molar-refractivity contribution in [2.24, 2.45) is 5.16 Å². The Hall–Kier alpha value is -1.51. The smallest absolute Gasteiger partial charge is 0.127 e. The van der Waals surface area contributed by atoms with Crippen molar-refractivity contribution in [2.45, 2.75) is 84.5 Å². The first-order valence-electron chi connectivity index (χ1n) is 9.20. The molecule has 3 nitrogen and oxygen atoms in total. The SMILES string of the molecule is CCCCCCCCCCCCc1cccc(C(C)=NO)c1O. The lowest BCUT2D eigenvalue weighted by atomic mass is 10.00. The van der Waals surface area contributed by atoms with Gasteiger partial charge in [-0.3, -0.25) is 0 Å².